The van der Waals surface area contributed by atoms with Crippen molar-refractivity contribution in [2.24, 2.45) is 0 Å². The van der Waals surface area contributed by atoms with E-state index in [1.165, 1.54) is 14.2 Å². The van der Waals surface area contributed by atoms with E-state index >= 15 is 0 Å². The van der Waals surface area contributed by atoms with Crippen molar-refractivity contribution in [1.29, 1.82) is 0 Å². The number of ether oxygens (including phenoxy) is 2. The molecule has 1 rings (SSSR count). The second-order valence-corrected chi connectivity index (χ2v) is 3.31. The zero-order chi connectivity index (χ0) is 12.0. The van der Waals surface area contributed by atoms with Crippen LogP contribution in [-0.2, 0) is 17.9 Å². The van der Waals surface area contributed by atoms with Crippen LogP contribution in [0.25, 0.3) is 0 Å². The Bertz CT molecular complexity index is 364. The van der Waals surface area contributed by atoms with Crippen LogP contribution in [0.4, 0.5) is 4.39 Å². The molecule has 88 valence electrons. The average Bonchev–Trinajstić information content (AvgIpc) is 2.35. The van der Waals surface area contributed by atoms with Gasteiger partial charge in [0.1, 0.15) is 13.0 Å². The fraction of sp³-hybridized carbons (Fsp3) is 0.417. The van der Waals surface area contributed by atoms with Gasteiger partial charge in [0.15, 0.2) is 11.5 Å². The normalized spacial score (nSPS) is 9.94. The lowest BCUT2D eigenvalue weighted by Gasteiger charge is -2.12. The number of methoxy groups -OCH3 is 2. The van der Waals surface area contributed by atoms with E-state index in [0.29, 0.717) is 29.9 Å². The lowest BCUT2D eigenvalue weighted by atomic mass is 10.0. The van der Waals surface area contributed by atoms with E-state index in [-0.39, 0.29) is 0 Å². The second-order valence-electron chi connectivity index (χ2n) is 3.31. The molecule has 16 heavy (non-hydrogen) atoms. The van der Waals surface area contributed by atoms with Gasteiger partial charge in [-0.1, -0.05) is 0 Å². The second kappa shape index (κ2) is 6.10. The fourth-order valence-electron chi connectivity index (χ4n) is 1.53. The minimum atomic E-state index is -0.575. The average molecular weight is 226 g/mol. The Morgan fingerprint density at radius 1 is 1.19 bits per heavy atom. The minimum Gasteiger partial charge on any atom is -0.493 e. The lowest BCUT2D eigenvalue weighted by Crippen LogP contribution is -1.98. The van der Waals surface area contributed by atoms with E-state index in [1.54, 1.807) is 12.1 Å². The van der Waals surface area contributed by atoms with Gasteiger partial charge >= 0.3 is 0 Å². The molecule has 0 N–H and O–H groups in total. The molecule has 0 aliphatic rings. The van der Waals surface area contributed by atoms with E-state index in [9.17, 15) is 9.18 Å². The molecule has 0 radical (unpaired) electrons. The summed E-state index contributed by atoms with van der Waals surface area (Å²) >= 11 is 0. The Morgan fingerprint density at radius 3 is 2.19 bits per heavy atom. The highest BCUT2D eigenvalue weighted by Gasteiger charge is 2.10. The van der Waals surface area contributed by atoms with Crippen LogP contribution in [-0.4, -0.2) is 20.5 Å². The van der Waals surface area contributed by atoms with Gasteiger partial charge in [-0.05, 0) is 29.7 Å². The molecule has 1 aromatic carbocycles. The summed E-state index contributed by atoms with van der Waals surface area (Å²) in [5.74, 6) is 1.06. The molecule has 4 heteroatoms. The van der Waals surface area contributed by atoms with Crippen LogP contribution in [0.2, 0.25) is 0 Å². The number of hydrogen-bond donors (Lipinski definition) is 0. The molecule has 0 amide bonds. The van der Waals surface area contributed by atoms with E-state index in [1.807, 2.05) is 0 Å². The van der Waals surface area contributed by atoms with Gasteiger partial charge < -0.3 is 14.3 Å². The van der Waals surface area contributed by atoms with Gasteiger partial charge in [0.05, 0.1) is 14.2 Å². The lowest BCUT2D eigenvalue weighted by molar-refractivity contribution is -0.107. The molecule has 0 bridgehead atoms. The molecular weight excluding hydrogens is 211 g/mol. The third kappa shape index (κ3) is 2.72. The van der Waals surface area contributed by atoms with E-state index in [0.717, 1.165) is 11.8 Å². The highest BCUT2D eigenvalue weighted by Crippen LogP contribution is 2.31. The van der Waals surface area contributed by atoms with Crippen molar-refractivity contribution in [2.75, 3.05) is 14.2 Å². The molecule has 0 aliphatic heterocycles. The van der Waals surface area contributed by atoms with E-state index in [4.69, 9.17) is 9.47 Å². The Kier molecular flexibility index (Phi) is 4.76. The van der Waals surface area contributed by atoms with Crippen molar-refractivity contribution in [3.05, 3.63) is 23.3 Å². The largest absolute Gasteiger partial charge is 0.493 e. The molecule has 0 unspecified atom stereocenters. The van der Waals surface area contributed by atoms with E-state index in [2.05, 4.69) is 0 Å². The van der Waals surface area contributed by atoms with Gasteiger partial charge in [-0.25, -0.2) is 4.39 Å². The van der Waals surface area contributed by atoms with Gasteiger partial charge in [0.25, 0.3) is 0 Å². The summed E-state index contributed by atoms with van der Waals surface area (Å²) in [5.41, 5.74) is 1.33. The third-order valence-electron chi connectivity index (χ3n) is 2.38. The molecule has 0 spiro atoms. The van der Waals surface area contributed by atoms with Crippen LogP contribution in [0, 0.1) is 0 Å². The molecule has 0 aromatic heterocycles. The molecule has 0 aliphatic carbocycles. The van der Waals surface area contributed by atoms with Crippen LogP contribution in [0.15, 0.2) is 12.1 Å². The maximum absolute atomic E-state index is 12.8. The Hall–Kier alpha value is -1.58. The molecular formula is C12H15FO3. The fourth-order valence-corrected chi connectivity index (χ4v) is 1.53. The number of aryl methyl sites for hydroxylation is 1. The number of halogens is 1. The zero-order valence-electron chi connectivity index (χ0n) is 9.46. The minimum absolute atomic E-state index is 0.377. The monoisotopic (exact) mass is 226 g/mol. The first-order valence-corrected chi connectivity index (χ1v) is 5.00. The van der Waals surface area contributed by atoms with Crippen molar-refractivity contribution >= 4 is 6.29 Å². The topological polar surface area (TPSA) is 35.5 Å². The van der Waals surface area contributed by atoms with Crippen LogP contribution in [0.3, 0.4) is 0 Å². The first-order valence-electron chi connectivity index (χ1n) is 5.00. The van der Waals surface area contributed by atoms with Crippen molar-refractivity contribution in [2.45, 2.75) is 19.5 Å². The van der Waals surface area contributed by atoms with Gasteiger partial charge in [0, 0.05) is 6.42 Å². The smallest absolute Gasteiger partial charge is 0.161 e. The maximum atomic E-state index is 12.8. The van der Waals surface area contributed by atoms with Gasteiger partial charge in [0.2, 0.25) is 0 Å². The summed E-state index contributed by atoms with van der Waals surface area (Å²) in [5, 5.41) is 0. The summed E-state index contributed by atoms with van der Waals surface area (Å²) < 4.78 is 23.0. The number of alkyl halides is 1. The van der Waals surface area contributed by atoms with Crippen LogP contribution in [0.5, 0.6) is 11.5 Å². The Balaban J connectivity index is 3.09. The maximum Gasteiger partial charge on any atom is 0.161 e. The highest BCUT2D eigenvalue weighted by atomic mass is 19.1. The Labute approximate surface area is 94.2 Å². The summed E-state index contributed by atoms with van der Waals surface area (Å²) in [7, 11) is 3.03. The van der Waals surface area contributed by atoms with Crippen LogP contribution < -0.4 is 9.47 Å². The third-order valence-corrected chi connectivity index (χ3v) is 2.38. The zero-order valence-corrected chi connectivity index (χ0v) is 9.46. The number of carbonyl (C=O) groups excluding carboxylic acids is 1. The Morgan fingerprint density at radius 2 is 1.75 bits per heavy atom. The molecule has 0 heterocycles. The van der Waals surface area contributed by atoms with Crippen molar-refractivity contribution in [3.63, 3.8) is 0 Å². The number of carbonyl (C=O) groups is 1. The predicted molar refractivity (Wildman–Crippen MR) is 58.7 cm³/mol. The molecule has 1 aromatic rings. The predicted octanol–water partition coefficient (Wildman–Crippen LogP) is 2.30. The van der Waals surface area contributed by atoms with Crippen molar-refractivity contribution < 1.29 is 18.7 Å². The van der Waals surface area contributed by atoms with E-state index < -0.39 is 6.67 Å². The summed E-state index contributed by atoms with van der Waals surface area (Å²) in [4.78, 5) is 10.3. The van der Waals surface area contributed by atoms with Crippen molar-refractivity contribution in [3.8, 4) is 11.5 Å². The van der Waals surface area contributed by atoms with Gasteiger partial charge in [-0.2, -0.15) is 0 Å². The summed E-state index contributed by atoms with van der Waals surface area (Å²) in [6.07, 6.45) is 1.71. The first-order chi connectivity index (χ1) is 7.76. The number of rotatable bonds is 6. The highest BCUT2D eigenvalue weighted by molar-refractivity contribution is 5.52. The van der Waals surface area contributed by atoms with Crippen molar-refractivity contribution in [1.82, 2.24) is 0 Å². The van der Waals surface area contributed by atoms with Gasteiger partial charge in [-0.3, -0.25) is 0 Å². The standard InChI is InChI=1S/C12H15FO3/c1-15-11-6-9(4-3-5-14)10(8-13)7-12(11)16-2/h5-7H,3-4,8H2,1-2H3. The van der Waals surface area contributed by atoms with Crippen LogP contribution in [0.1, 0.15) is 17.5 Å². The van der Waals surface area contributed by atoms with Crippen LogP contribution >= 0.6 is 0 Å². The quantitative estimate of drug-likeness (QED) is 0.698. The first kappa shape index (κ1) is 12.5. The van der Waals surface area contributed by atoms with Gasteiger partial charge in [-0.15, -0.1) is 0 Å². The molecule has 0 fully saturated rings. The molecule has 3 nitrogen and oxygen atoms in total. The summed E-state index contributed by atoms with van der Waals surface area (Å²) in [6.45, 7) is -0.575. The molecule has 0 saturated heterocycles. The summed E-state index contributed by atoms with van der Waals surface area (Å²) in [6, 6.07) is 3.33. The molecule has 0 saturated carbocycles. The number of aldehydes is 1. The molecule has 0 atom stereocenters. The SMILES string of the molecule is COc1cc(CF)c(CCC=O)cc1OC. The number of hydrogen-bond acceptors (Lipinski definition) is 3. The number of benzene rings is 1.